The van der Waals surface area contributed by atoms with Crippen LogP contribution in [0.25, 0.3) is 0 Å². The number of hydrogen-bond acceptors (Lipinski definition) is 9. The largest absolute Gasteiger partial charge is 0.362 e. The van der Waals surface area contributed by atoms with Crippen LogP contribution in [-0.2, 0) is 36.4 Å². The summed E-state index contributed by atoms with van der Waals surface area (Å²) in [5.74, 6) is 0. The molecule has 0 aromatic rings. The third kappa shape index (κ3) is 7.29. The third-order valence-electron chi connectivity index (χ3n) is 3.24. The van der Waals surface area contributed by atoms with Crippen molar-refractivity contribution in [3.05, 3.63) is 5.40 Å². The van der Waals surface area contributed by atoms with Crippen LogP contribution in [0.2, 0.25) is 0 Å². The molecule has 13 nitrogen and oxygen atoms in total. The summed E-state index contributed by atoms with van der Waals surface area (Å²) < 4.78 is 72.3. The highest BCUT2D eigenvalue weighted by molar-refractivity contribution is 7.83. The Bertz CT molecular complexity index is 820. The number of nitriles is 1. The van der Waals surface area contributed by atoms with Gasteiger partial charge in [-0.05, 0) is 55.4 Å². The first-order valence-electron chi connectivity index (χ1n) is 9.44. The van der Waals surface area contributed by atoms with Gasteiger partial charge in [-0.1, -0.05) is 0 Å². The van der Waals surface area contributed by atoms with E-state index >= 15 is 0 Å². The quantitative estimate of drug-likeness (QED) is 0.241. The molecule has 0 saturated carbocycles. The molecule has 0 aromatic carbocycles. The second-order valence-corrected chi connectivity index (χ2v) is 15.8. The van der Waals surface area contributed by atoms with Gasteiger partial charge in [0.25, 0.3) is 4.90 Å². The standard InChI is InChI=1S/C15H32NO12P4/c1-10(2)25-29(17,18)14(30(19,20)26-11(3)4)15(9-16,31(21,22)27-12(5)6)32(23,24)28-13(7)8/h10-13H,1-8H3,(H,17,18)(H,19,20)(H,21,22)(H,23,24). The normalized spacial score (nSPS) is 22.2. The highest BCUT2D eigenvalue weighted by atomic mass is 31.3. The zero-order chi connectivity index (χ0) is 25.9. The molecule has 0 fully saturated rings. The van der Waals surface area contributed by atoms with E-state index in [1.165, 1.54) is 55.4 Å². The van der Waals surface area contributed by atoms with Crippen molar-refractivity contribution in [3.8, 4) is 6.07 Å². The maximum Gasteiger partial charge on any atom is 0.362 e. The lowest BCUT2D eigenvalue weighted by Crippen LogP contribution is -2.39. The monoisotopic (exact) mass is 542 g/mol. The van der Waals surface area contributed by atoms with E-state index in [0.717, 1.165) is 6.07 Å². The van der Waals surface area contributed by atoms with Crippen molar-refractivity contribution >= 4 is 30.4 Å². The Kier molecular flexibility index (Phi) is 11.3. The first kappa shape index (κ1) is 32.1. The summed E-state index contributed by atoms with van der Waals surface area (Å²) in [4.78, 5) is 38.6. The molecule has 32 heavy (non-hydrogen) atoms. The van der Waals surface area contributed by atoms with Crippen molar-refractivity contribution in [1.29, 1.82) is 5.26 Å². The molecule has 4 atom stereocenters. The van der Waals surface area contributed by atoms with Crippen LogP contribution in [0.3, 0.4) is 0 Å². The summed E-state index contributed by atoms with van der Waals surface area (Å²) in [7, 11) is -23.2. The Morgan fingerprint density at radius 2 is 0.906 bits per heavy atom. The van der Waals surface area contributed by atoms with Crippen LogP contribution in [-0.4, -0.2) is 48.9 Å². The Balaban J connectivity index is 7.69. The zero-order valence-electron chi connectivity index (χ0n) is 19.1. The van der Waals surface area contributed by atoms with Crippen molar-refractivity contribution in [2.45, 2.75) is 84.7 Å². The molecule has 17 heteroatoms. The Morgan fingerprint density at radius 1 is 0.656 bits per heavy atom. The summed E-state index contributed by atoms with van der Waals surface area (Å²) in [5, 5.41) is 7.98. The lowest BCUT2D eigenvalue weighted by atomic mass is 10.5. The van der Waals surface area contributed by atoms with E-state index in [0.29, 0.717) is 0 Å². The van der Waals surface area contributed by atoms with E-state index < -0.39 is 65.1 Å². The summed E-state index contributed by atoms with van der Waals surface area (Å²) in [6.45, 7) is 9.87. The van der Waals surface area contributed by atoms with Gasteiger partial charge in [0, 0.05) is 0 Å². The van der Waals surface area contributed by atoms with E-state index in [1.54, 1.807) is 0 Å². The lowest BCUT2D eigenvalue weighted by Gasteiger charge is -2.41. The molecule has 0 bridgehead atoms. The van der Waals surface area contributed by atoms with Crippen LogP contribution < -0.4 is 0 Å². The molecule has 0 heterocycles. The lowest BCUT2D eigenvalue weighted by molar-refractivity contribution is 0.168. The summed E-state index contributed by atoms with van der Waals surface area (Å²) in [6.07, 6.45) is -4.62. The minimum absolute atomic E-state index is 1.03. The van der Waals surface area contributed by atoms with E-state index in [2.05, 4.69) is 0 Å². The van der Waals surface area contributed by atoms with Crippen LogP contribution in [0.1, 0.15) is 55.4 Å². The maximum atomic E-state index is 13.3. The predicted molar refractivity (Wildman–Crippen MR) is 116 cm³/mol. The smallest absolute Gasteiger partial charge is 0.323 e. The van der Waals surface area contributed by atoms with E-state index in [1.807, 2.05) is 0 Å². The molecule has 0 spiro atoms. The number of rotatable bonds is 13. The van der Waals surface area contributed by atoms with Crippen LogP contribution in [0.15, 0.2) is 0 Å². The Hall–Kier alpha value is 0.0900. The molecule has 4 N–H and O–H groups in total. The van der Waals surface area contributed by atoms with Crippen molar-refractivity contribution in [2.75, 3.05) is 0 Å². The number of nitrogens with zero attached hydrogens (tertiary/aromatic N) is 1. The maximum absolute atomic E-state index is 13.3. The molecule has 4 unspecified atom stereocenters. The first-order valence-corrected chi connectivity index (χ1v) is 15.8. The third-order valence-corrected chi connectivity index (χ3v) is 13.8. The van der Waals surface area contributed by atoms with Gasteiger partial charge in [0.2, 0.25) is 5.40 Å². The summed E-state index contributed by atoms with van der Waals surface area (Å²) in [5.41, 5.74) is 0. The van der Waals surface area contributed by atoms with Crippen molar-refractivity contribution in [3.63, 3.8) is 0 Å². The molecule has 0 rings (SSSR count). The minimum Gasteiger partial charge on any atom is -0.323 e. The average molecular weight is 542 g/mol. The van der Waals surface area contributed by atoms with Gasteiger partial charge >= 0.3 is 30.4 Å². The van der Waals surface area contributed by atoms with Crippen molar-refractivity contribution < 1.29 is 55.9 Å². The predicted octanol–water partition coefficient (Wildman–Crippen LogP) is 4.14. The molecule has 0 aromatic heterocycles. The van der Waals surface area contributed by atoms with E-state index in [4.69, 9.17) is 18.1 Å². The van der Waals surface area contributed by atoms with Gasteiger partial charge in [0.15, 0.2) is 0 Å². The van der Waals surface area contributed by atoms with Gasteiger partial charge in [0.1, 0.15) is 0 Å². The van der Waals surface area contributed by atoms with Gasteiger partial charge in [-0.3, -0.25) is 18.3 Å². The Morgan fingerprint density at radius 3 is 1.09 bits per heavy atom. The Labute approximate surface area is 188 Å². The average Bonchev–Trinajstić information content (AvgIpc) is 2.45. The number of hydrogen-bond donors (Lipinski definition) is 4. The van der Waals surface area contributed by atoms with Gasteiger partial charge < -0.3 is 37.7 Å². The van der Waals surface area contributed by atoms with Gasteiger partial charge in [-0.2, -0.15) is 5.26 Å². The molecule has 189 valence electrons. The molecular weight excluding hydrogens is 510 g/mol. The summed E-state index contributed by atoms with van der Waals surface area (Å²) >= 11 is 0. The van der Waals surface area contributed by atoms with Crippen molar-refractivity contribution in [2.24, 2.45) is 0 Å². The molecule has 0 amide bonds. The molecule has 0 saturated heterocycles. The molecule has 1 radical (unpaired) electrons. The van der Waals surface area contributed by atoms with E-state index in [9.17, 15) is 43.1 Å². The van der Waals surface area contributed by atoms with E-state index in [-0.39, 0.29) is 0 Å². The fourth-order valence-corrected chi connectivity index (χ4v) is 13.1. The molecule has 0 aliphatic heterocycles. The zero-order valence-corrected chi connectivity index (χ0v) is 22.7. The van der Waals surface area contributed by atoms with Crippen LogP contribution >= 0.6 is 30.4 Å². The molecular formula is C15H32NO12P4. The molecule has 0 aliphatic carbocycles. The summed E-state index contributed by atoms with van der Waals surface area (Å²) in [6, 6.07) is 1.03. The topological polar surface area (TPSA) is 210 Å². The second kappa shape index (κ2) is 11.2. The first-order chi connectivity index (χ1) is 14.1. The van der Waals surface area contributed by atoms with Gasteiger partial charge in [-0.25, -0.2) is 0 Å². The fraction of sp³-hybridized carbons (Fsp3) is 0.867. The highest BCUT2D eigenvalue weighted by Gasteiger charge is 2.79. The fourth-order valence-electron chi connectivity index (χ4n) is 2.54. The van der Waals surface area contributed by atoms with Crippen LogP contribution in [0.4, 0.5) is 0 Å². The highest BCUT2D eigenvalue weighted by Crippen LogP contribution is 2.89. The van der Waals surface area contributed by atoms with Crippen LogP contribution in [0, 0.1) is 16.7 Å². The minimum atomic E-state index is -5.86. The molecule has 0 aliphatic rings. The van der Waals surface area contributed by atoms with Gasteiger partial charge in [0.05, 0.1) is 30.5 Å². The SMILES string of the molecule is CC(C)OP(=O)(O)[C](C(C#N)(P(=O)(O)OC(C)C)P(=O)(O)OC(C)C)P(=O)(O)OC(C)C. The second-order valence-electron chi connectivity index (χ2n) is 7.81. The van der Waals surface area contributed by atoms with Crippen LogP contribution in [0.5, 0.6) is 0 Å². The van der Waals surface area contributed by atoms with Gasteiger partial charge in [-0.15, -0.1) is 0 Å². The van der Waals surface area contributed by atoms with Crippen molar-refractivity contribution in [1.82, 2.24) is 0 Å².